The largest absolute Gasteiger partial charge is 0.350 e. The Labute approximate surface area is 136 Å². The molecule has 1 N–H and O–H groups in total. The second kappa shape index (κ2) is 6.09. The zero-order valence-corrected chi connectivity index (χ0v) is 14.2. The quantitative estimate of drug-likeness (QED) is 0.759. The number of amidine groups is 1. The van der Waals surface area contributed by atoms with Gasteiger partial charge in [0.25, 0.3) is 15.9 Å². The fraction of sp³-hybridized carbons (Fsp3) is 0.600. The predicted molar refractivity (Wildman–Crippen MR) is 88.4 cm³/mol. The normalized spacial score (nSPS) is 23.9. The molecule has 2 aliphatic heterocycles. The molecule has 0 aromatic heterocycles. The lowest BCUT2D eigenvalue weighted by atomic mass is 10.1. The van der Waals surface area contributed by atoms with Gasteiger partial charge in [-0.2, -0.15) is 0 Å². The van der Waals surface area contributed by atoms with Crippen LogP contribution in [0.5, 0.6) is 0 Å². The van der Waals surface area contributed by atoms with Crippen molar-refractivity contribution in [3.8, 4) is 0 Å². The highest BCUT2D eigenvalue weighted by molar-refractivity contribution is 7.90. The summed E-state index contributed by atoms with van der Waals surface area (Å²) in [5.74, 6) is 0.880. The maximum absolute atomic E-state index is 12.3. The molecule has 0 spiro atoms. The van der Waals surface area contributed by atoms with E-state index in [9.17, 15) is 13.2 Å². The zero-order chi connectivity index (χ0) is 16.6. The number of carbonyl (C=O) groups is 1. The number of hydrogen-bond acceptors (Lipinski definition) is 5. The molecule has 8 heteroatoms. The predicted octanol–water partition coefficient (Wildman–Crippen LogP) is -0.0596. The fourth-order valence-electron chi connectivity index (χ4n) is 2.89. The molecule has 0 radical (unpaired) electrons. The van der Waals surface area contributed by atoms with E-state index in [-0.39, 0.29) is 11.7 Å². The average molecular weight is 338 g/mol. The third-order valence-electron chi connectivity index (χ3n) is 4.39. The Morgan fingerprint density at radius 1 is 1.43 bits per heavy atom. The first kappa shape index (κ1) is 16.2. The van der Waals surface area contributed by atoms with Gasteiger partial charge in [-0.05, 0) is 45.0 Å². The first-order chi connectivity index (χ1) is 10.9. The van der Waals surface area contributed by atoms with Crippen LogP contribution in [0.1, 0.15) is 12.8 Å². The Morgan fingerprint density at radius 2 is 2.17 bits per heavy atom. The van der Waals surface area contributed by atoms with Gasteiger partial charge >= 0.3 is 0 Å². The Bertz CT molecular complexity index is 688. The van der Waals surface area contributed by atoms with Gasteiger partial charge in [-0.15, -0.1) is 4.40 Å². The number of likely N-dealkylation sites (N-methyl/N-ethyl adjacent to an activating group) is 1. The van der Waals surface area contributed by atoms with E-state index in [1.807, 2.05) is 14.1 Å². The molecule has 0 saturated heterocycles. The number of nitrogens with one attached hydrogen (secondary N) is 1. The molecule has 1 fully saturated rings. The number of amides is 1. The lowest BCUT2D eigenvalue weighted by molar-refractivity contribution is -0.117. The molecule has 1 amide bonds. The standard InChI is InChI=1S/C15H22N4O3S/c1-18(2)13(11-3-4-11)9-16-15(20)12-5-6-14-17-23(21,22)8-7-19(14)10-12/h5-6,10-11,13H,3-4,7-9H2,1-2H3,(H,16,20). The fourth-order valence-corrected chi connectivity index (χ4v) is 3.86. The molecular weight excluding hydrogens is 316 g/mol. The number of carbonyl (C=O) groups excluding carboxylic acids is 1. The Balaban J connectivity index is 1.63. The molecule has 1 atom stereocenters. The number of sulfonamides is 1. The summed E-state index contributed by atoms with van der Waals surface area (Å²) in [5, 5.41) is 2.98. The van der Waals surface area contributed by atoms with Crippen molar-refractivity contribution < 1.29 is 13.2 Å². The van der Waals surface area contributed by atoms with Gasteiger partial charge in [-0.1, -0.05) is 0 Å². The van der Waals surface area contributed by atoms with Crippen molar-refractivity contribution in [2.75, 3.05) is 32.9 Å². The van der Waals surface area contributed by atoms with Gasteiger partial charge < -0.3 is 15.1 Å². The lowest BCUT2D eigenvalue weighted by Gasteiger charge is -2.28. The Morgan fingerprint density at radius 3 is 2.83 bits per heavy atom. The van der Waals surface area contributed by atoms with Gasteiger partial charge in [-0.3, -0.25) is 4.79 Å². The molecule has 3 aliphatic rings. The van der Waals surface area contributed by atoms with Crippen LogP contribution in [0.2, 0.25) is 0 Å². The van der Waals surface area contributed by atoms with Gasteiger partial charge in [0.2, 0.25) is 0 Å². The molecule has 2 heterocycles. The molecule has 126 valence electrons. The van der Waals surface area contributed by atoms with Crippen molar-refractivity contribution in [1.29, 1.82) is 0 Å². The minimum atomic E-state index is -3.36. The molecule has 1 aliphatic carbocycles. The number of fused-ring (bicyclic) bond motifs is 1. The third-order valence-corrected chi connectivity index (χ3v) is 5.55. The van der Waals surface area contributed by atoms with Crippen molar-refractivity contribution in [1.82, 2.24) is 15.1 Å². The van der Waals surface area contributed by atoms with Gasteiger partial charge in [0.05, 0.1) is 11.3 Å². The van der Waals surface area contributed by atoms with E-state index in [0.717, 1.165) is 0 Å². The van der Waals surface area contributed by atoms with Crippen LogP contribution >= 0.6 is 0 Å². The lowest BCUT2D eigenvalue weighted by Crippen LogP contribution is -2.43. The van der Waals surface area contributed by atoms with Crippen LogP contribution in [0.25, 0.3) is 0 Å². The first-order valence-corrected chi connectivity index (χ1v) is 9.40. The van der Waals surface area contributed by atoms with E-state index in [0.29, 0.717) is 36.5 Å². The summed E-state index contributed by atoms with van der Waals surface area (Å²) in [7, 11) is 0.702. The van der Waals surface area contributed by atoms with E-state index >= 15 is 0 Å². The molecule has 1 unspecified atom stereocenters. The van der Waals surface area contributed by atoms with Crippen LogP contribution in [0, 0.1) is 5.92 Å². The summed E-state index contributed by atoms with van der Waals surface area (Å²) in [6.45, 7) is 0.946. The second-order valence-corrected chi connectivity index (χ2v) is 8.18. The molecule has 7 nitrogen and oxygen atoms in total. The van der Waals surface area contributed by atoms with Gasteiger partial charge in [0.1, 0.15) is 5.84 Å². The highest BCUT2D eigenvalue weighted by Gasteiger charge is 2.33. The zero-order valence-electron chi connectivity index (χ0n) is 13.4. The summed E-state index contributed by atoms with van der Waals surface area (Å²) < 4.78 is 26.7. The van der Waals surface area contributed by atoms with Crippen LogP contribution in [0.4, 0.5) is 0 Å². The molecule has 1 saturated carbocycles. The van der Waals surface area contributed by atoms with Crippen molar-refractivity contribution in [3.05, 3.63) is 23.9 Å². The summed E-state index contributed by atoms with van der Waals surface area (Å²) >= 11 is 0. The Hall–Kier alpha value is -1.67. The number of nitrogens with zero attached hydrogens (tertiary/aromatic N) is 3. The minimum absolute atomic E-state index is 0.0277. The first-order valence-electron chi connectivity index (χ1n) is 7.79. The van der Waals surface area contributed by atoms with Crippen molar-refractivity contribution in [3.63, 3.8) is 0 Å². The SMILES string of the molecule is CN(C)C(CNC(=O)C1=CN2CCS(=O)(=O)N=C2C=C1)C1CC1. The number of hydrogen-bond donors (Lipinski definition) is 1. The monoisotopic (exact) mass is 338 g/mol. The van der Waals surface area contributed by atoms with E-state index in [2.05, 4.69) is 14.6 Å². The van der Waals surface area contributed by atoms with Crippen LogP contribution in [0.3, 0.4) is 0 Å². The second-order valence-electron chi connectivity index (χ2n) is 6.43. The highest BCUT2D eigenvalue weighted by Crippen LogP contribution is 2.34. The molecule has 0 aromatic carbocycles. The Kier molecular flexibility index (Phi) is 4.29. The molecule has 0 aromatic rings. The van der Waals surface area contributed by atoms with Crippen molar-refractivity contribution in [2.45, 2.75) is 18.9 Å². The summed E-state index contributed by atoms with van der Waals surface area (Å²) in [4.78, 5) is 16.2. The molecular formula is C15H22N4O3S. The topological polar surface area (TPSA) is 82.1 Å². The van der Waals surface area contributed by atoms with Gasteiger partial charge in [-0.25, -0.2) is 8.42 Å². The van der Waals surface area contributed by atoms with Gasteiger partial charge in [0.15, 0.2) is 0 Å². The van der Waals surface area contributed by atoms with E-state index in [1.165, 1.54) is 12.8 Å². The minimum Gasteiger partial charge on any atom is -0.350 e. The van der Waals surface area contributed by atoms with Crippen LogP contribution < -0.4 is 5.32 Å². The van der Waals surface area contributed by atoms with Crippen LogP contribution in [0.15, 0.2) is 28.3 Å². The summed E-state index contributed by atoms with van der Waals surface area (Å²) in [6, 6.07) is 0.365. The maximum atomic E-state index is 12.3. The van der Waals surface area contributed by atoms with E-state index < -0.39 is 10.0 Å². The van der Waals surface area contributed by atoms with Crippen molar-refractivity contribution >= 4 is 21.8 Å². The number of rotatable bonds is 5. The smallest absolute Gasteiger partial charge is 0.256 e. The van der Waals surface area contributed by atoms with Crippen LogP contribution in [-0.2, 0) is 14.8 Å². The average Bonchev–Trinajstić information content (AvgIpc) is 3.30. The maximum Gasteiger partial charge on any atom is 0.256 e. The molecule has 0 bridgehead atoms. The van der Waals surface area contributed by atoms with Crippen molar-refractivity contribution in [2.24, 2.45) is 10.3 Å². The highest BCUT2D eigenvalue weighted by atomic mass is 32.2. The van der Waals surface area contributed by atoms with Gasteiger partial charge in [0, 0.05) is 25.3 Å². The van der Waals surface area contributed by atoms with E-state index in [4.69, 9.17) is 0 Å². The third kappa shape index (κ3) is 3.81. The van der Waals surface area contributed by atoms with Crippen LogP contribution in [-0.4, -0.2) is 68.9 Å². The molecule has 23 heavy (non-hydrogen) atoms. The summed E-state index contributed by atoms with van der Waals surface area (Å²) in [6.07, 6.45) is 7.32. The summed E-state index contributed by atoms with van der Waals surface area (Å²) in [5.41, 5.74) is 0.525. The molecule has 3 rings (SSSR count). The van der Waals surface area contributed by atoms with E-state index in [1.54, 1.807) is 23.3 Å².